The van der Waals surface area contributed by atoms with E-state index >= 15 is 0 Å². The zero-order valence-corrected chi connectivity index (χ0v) is 20.2. The maximum absolute atomic E-state index is 13.4. The minimum absolute atomic E-state index is 0.0763. The number of likely N-dealkylation sites (tertiary alicyclic amines) is 1. The molecule has 4 aliphatic rings. The van der Waals surface area contributed by atoms with Crippen molar-refractivity contribution in [2.24, 2.45) is 23.7 Å². The second kappa shape index (κ2) is 8.35. The van der Waals surface area contributed by atoms with E-state index in [1.165, 1.54) is 11.1 Å². The van der Waals surface area contributed by atoms with Gasteiger partial charge < -0.3 is 4.74 Å². The number of anilines is 1. The number of nitrogens with one attached hydrogen (secondary N) is 1. The van der Waals surface area contributed by atoms with Crippen LogP contribution in [0.15, 0.2) is 12.3 Å². The second-order valence-corrected chi connectivity index (χ2v) is 10.8. The van der Waals surface area contributed by atoms with E-state index in [9.17, 15) is 14.4 Å². The Morgan fingerprint density at radius 2 is 2.06 bits per heavy atom. The van der Waals surface area contributed by atoms with Gasteiger partial charge in [0.05, 0.1) is 11.9 Å². The number of hydrogen-bond acceptors (Lipinski definition) is 6. The van der Waals surface area contributed by atoms with Crippen molar-refractivity contribution < 1.29 is 24.0 Å². The molecular weight excluding hydrogens is 434 g/mol. The molecule has 34 heavy (non-hydrogen) atoms. The lowest BCUT2D eigenvalue weighted by molar-refractivity contribution is -0.856. The molecule has 5 rings (SSSR count). The molecule has 9 heteroatoms. The summed E-state index contributed by atoms with van der Waals surface area (Å²) in [5.74, 6) is 0.970. The van der Waals surface area contributed by atoms with E-state index < -0.39 is 12.2 Å². The number of rotatable bonds is 3. The average Bonchev–Trinajstić information content (AvgIpc) is 3.45. The lowest BCUT2D eigenvalue weighted by Gasteiger charge is -2.38. The number of aromatic nitrogens is 1. The molecule has 3 saturated heterocycles. The molecule has 1 saturated carbocycles. The lowest BCUT2D eigenvalue weighted by atomic mass is 9.75. The molecule has 1 aromatic heterocycles. The number of aryl methyl sites for hydroxylation is 1. The van der Waals surface area contributed by atoms with Crippen LogP contribution >= 0.6 is 0 Å². The van der Waals surface area contributed by atoms with Gasteiger partial charge in [-0.05, 0) is 49.1 Å². The van der Waals surface area contributed by atoms with E-state index in [4.69, 9.17) is 10.00 Å². The molecule has 3 aliphatic heterocycles. The summed E-state index contributed by atoms with van der Waals surface area (Å²) >= 11 is 0. The van der Waals surface area contributed by atoms with Crippen molar-refractivity contribution in [2.75, 3.05) is 11.4 Å². The van der Waals surface area contributed by atoms with Gasteiger partial charge in [-0.25, -0.2) is 19.5 Å². The molecule has 4 amide bonds. The predicted octanol–water partition coefficient (Wildman–Crippen LogP) is 2.24. The molecule has 0 radical (unpaired) electrons. The Morgan fingerprint density at radius 3 is 2.74 bits per heavy atom. The number of pyridine rings is 1. The Labute approximate surface area is 199 Å². The molecule has 1 aromatic rings. The number of hydrogen-bond donors (Lipinski definition) is 1. The maximum Gasteiger partial charge on any atom is 0.431 e. The van der Waals surface area contributed by atoms with Crippen LogP contribution in [0, 0.1) is 41.9 Å². The fraction of sp³-hybridized carbons (Fsp3) is 0.640. The number of nitriles is 1. The van der Waals surface area contributed by atoms with E-state index in [0.29, 0.717) is 46.9 Å². The van der Waals surface area contributed by atoms with Crippen LogP contribution in [0.25, 0.3) is 0 Å². The number of imide groups is 1. The monoisotopic (exact) mass is 466 g/mol. The zero-order valence-electron chi connectivity index (χ0n) is 20.2. The van der Waals surface area contributed by atoms with Gasteiger partial charge in [-0.15, -0.1) is 0 Å². The number of urea groups is 1. The summed E-state index contributed by atoms with van der Waals surface area (Å²) < 4.78 is 6.06. The Kier molecular flexibility index (Phi) is 5.59. The molecule has 1 unspecified atom stereocenters. The quantitative estimate of drug-likeness (QED) is 0.685. The Hall–Kier alpha value is -2.99. The molecule has 180 valence electrons. The number of carbonyl (C=O) groups is 3. The van der Waals surface area contributed by atoms with Crippen LogP contribution in [0.1, 0.15) is 57.7 Å². The van der Waals surface area contributed by atoms with Gasteiger partial charge in [-0.2, -0.15) is 10.2 Å². The van der Waals surface area contributed by atoms with Crippen molar-refractivity contribution in [2.45, 2.75) is 71.7 Å². The van der Waals surface area contributed by atoms with Crippen molar-refractivity contribution in [3.63, 3.8) is 0 Å². The Balaban J connectivity index is 1.34. The summed E-state index contributed by atoms with van der Waals surface area (Å²) in [7, 11) is 0. The largest absolute Gasteiger partial charge is 0.446 e. The van der Waals surface area contributed by atoms with E-state index in [-0.39, 0.29) is 35.7 Å². The highest BCUT2D eigenvalue weighted by molar-refractivity contribution is 6.17. The van der Waals surface area contributed by atoms with Crippen molar-refractivity contribution in [3.8, 4) is 6.07 Å². The van der Waals surface area contributed by atoms with Crippen LogP contribution in [0.5, 0.6) is 0 Å². The SMILES string of the molecule is Cc1cc(N2C(=O)[C@@H]3[C@@H]4C[C@H](N(C(=O)O[C@@H]5C[C@H](C)CC[C@H]5C(C)C)C4)[NH+]3C2=O)cnc1C#N. The molecule has 7 atom stereocenters. The van der Waals surface area contributed by atoms with E-state index in [0.717, 1.165) is 19.3 Å². The van der Waals surface area contributed by atoms with Gasteiger partial charge in [0.1, 0.15) is 17.9 Å². The number of amides is 4. The van der Waals surface area contributed by atoms with Crippen LogP contribution in [-0.4, -0.2) is 52.8 Å². The fourth-order valence-electron chi connectivity index (χ4n) is 6.54. The highest BCUT2D eigenvalue weighted by Gasteiger charge is 2.68. The molecule has 0 spiro atoms. The number of carbonyl (C=O) groups excluding carboxylic acids is 3. The van der Waals surface area contributed by atoms with Crippen LogP contribution < -0.4 is 9.80 Å². The van der Waals surface area contributed by atoms with Gasteiger partial charge in [-0.1, -0.05) is 27.2 Å². The van der Waals surface area contributed by atoms with Gasteiger partial charge in [-0.3, -0.25) is 9.69 Å². The third-order valence-corrected chi connectivity index (χ3v) is 8.31. The molecule has 0 aromatic carbocycles. The first-order chi connectivity index (χ1) is 16.2. The third-order valence-electron chi connectivity index (χ3n) is 8.31. The Bertz CT molecular complexity index is 1080. The summed E-state index contributed by atoms with van der Waals surface area (Å²) in [6.07, 6.45) is 4.23. The molecule has 9 nitrogen and oxygen atoms in total. The zero-order chi connectivity index (χ0) is 24.3. The van der Waals surface area contributed by atoms with Crippen LogP contribution in [0.4, 0.5) is 15.3 Å². The standard InChI is InChI=1S/C25H31N5O4/c1-13(2)18-6-5-14(3)7-20(18)34-25(33)28-12-16-9-21(28)30-22(16)23(31)29(24(30)32)17-8-15(4)19(10-26)27-11-17/h8,11,13-14,16,18,20-22H,5-7,9,12H2,1-4H3/p+1/t14-,16-,18+,20-,21-,22+/m1/s1. The summed E-state index contributed by atoms with van der Waals surface area (Å²) in [6.45, 7) is 8.72. The highest BCUT2D eigenvalue weighted by atomic mass is 16.6. The summed E-state index contributed by atoms with van der Waals surface area (Å²) in [5, 5.41) is 9.13. The van der Waals surface area contributed by atoms with E-state index in [1.54, 1.807) is 17.9 Å². The predicted molar refractivity (Wildman–Crippen MR) is 122 cm³/mol. The maximum atomic E-state index is 13.4. The van der Waals surface area contributed by atoms with Crippen LogP contribution in [-0.2, 0) is 9.53 Å². The number of quaternary nitrogens is 1. The first-order valence-electron chi connectivity index (χ1n) is 12.3. The summed E-state index contributed by atoms with van der Waals surface area (Å²) in [5.41, 5.74) is 1.25. The smallest absolute Gasteiger partial charge is 0.431 e. The van der Waals surface area contributed by atoms with Gasteiger partial charge >= 0.3 is 12.1 Å². The van der Waals surface area contributed by atoms with Gasteiger partial charge in [0, 0.05) is 18.9 Å². The first kappa shape index (κ1) is 22.8. The number of fused-ring (bicyclic) bond motifs is 5. The molecule has 1 aliphatic carbocycles. The van der Waals surface area contributed by atoms with Crippen molar-refractivity contribution in [1.82, 2.24) is 9.88 Å². The minimum Gasteiger partial charge on any atom is -0.446 e. The number of ether oxygens (including phenoxy) is 1. The Morgan fingerprint density at radius 1 is 1.29 bits per heavy atom. The molecule has 4 heterocycles. The third kappa shape index (κ3) is 3.47. The summed E-state index contributed by atoms with van der Waals surface area (Å²) in [4.78, 5) is 47.3. The first-order valence-corrected chi connectivity index (χ1v) is 12.3. The van der Waals surface area contributed by atoms with E-state index in [2.05, 4.69) is 25.8 Å². The topological polar surface area (TPSA) is 108 Å². The molecule has 4 fully saturated rings. The second-order valence-electron chi connectivity index (χ2n) is 10.8. The highest BCUT2D eigenvalue weighted by Crippen LogP contribution is 2.38. The molecule has 1 N–H and O–H groups in total. The van der Waals surface area contributed by atoms with E-state index in [1.807, 2.05) is 6.07 Å². The lowest BCUT2D eigenvalue weighted by Crippen LogP contribution is -3.20. The normalized spacial score (nSPS) is 34.5. The average molecular weight is 467 g/mol. The minimum atomic E-state index is -0.490. The van der Waals surface area contributed by atoms with Crippen molar-refractivity contribution in [3.05, 3.63) is 23.5 Å². The van der Waals surface area contributed by atoms with Gasteiger partial charge in [0.25, 0.3) is 5.91 Å². The van der Waals surface area contributed by atoms with Crippen molar-refractivity contribution in [1.29, 1.82) is 5.26 Å². The molecule has 2 bridgehead atoms. The van der Waals surface area contributed by atoms with Crippen LogP contribution in [0.2, 0.25) is 0 Å². The molecular formula is C25H32N5O4+. The van der Waals surface area contributed by atoms with Crippen molar-refractivity contribution >= 4 is 23.7 Å². The van der Waals surface area contributed by atoms with Gasteiger partial charge in [0.2, 0.25) is 0 Å². The van der Waals surface area contributed by atoms with Crippen LogP contribution in [0.3, 0.4) is 0 Å². The van der Waals surface area contributed by atoms with Gasteiger partial charge in [0.15, 0.2) is 12.2 Å². The fourth-order valence-corrected chi connectivity index (χ4v) is 6.54. The number of nitrogens with zero attached hydrogens (tertiary/aromatic N) is 4. The summed E-state index contributed by atoms with van der Waals surface area (Å²) in [6, 6.07) is 2.79.